The van der Waals surface area contributed by atoms with Crippen molar-refractivity contribution < 1.29 is 9.59 Å². The summed E-state index contributed by atoms with van der Waals surface area (Å²) in [4.78, 5) is 27.5. The van der Waals surface area contributed by atoms with Gasteiger partial charge in [-0.15, -0.1) is 11.8 Å². The van der Waals surface area contributed by atoms with Gasteiger partial charge in [-0.2, -0.15) is 0 Å². The van der Waals surface area contributed by atoms with E-state index in [0.29, 0.717) is 19.0 Å². The smallest absolute Gasteiger partial charge is 0.227 e. The van der Waals surface area contributed by atoms with Gasteiger partial charge in [0.25, 0.3) is 0 Å². The van der Waals surface area contributed by atoms with Gasteiger partial charge in [-0.3, -0.25) is 9.59 Å². The molecule has 1 aromatic carbocycles. The van der Waals surface area contributed by atoms with Crippen LogP contribution in [-0.2, 0) is 9.59 Å². The number of rotatable bonds is 4. The predicted octanol–water partition coefficient (Wildman–Crippen LogP) is 2.82. The minimum atomic E-state index is -0.215. The molecule has 1 aliphatic carbocycles. The zero-order chi connectivity index (χ0) is 15.5. The number of hydrogen-bond donors (Lipinski definition) is 1. The van der Waals surface area contributed by atoms with E-state index in [0.717, 1.165) is 18.5 Å². The summed E-state index contributed by atoms with van der Waals surface area (Å²) in [6, 6.07) is 8.26. The van der Waals surface area contributed by atoms with Crippen LogP contribution in [0.1, 0.15) is 32.1 Å². The van der Waals surface area contributed by atoms with Crippen LogP contribution in [0, 0.1) is 5.92 Å². The van der Waals surface area contributed by atoms with Crippen molar-refractivity contribution in [1.29, 1.82) is 0 Å². The van der Waals surface area contributed by atoms with Crippen molar-refractivity contribution in [2.24, 2.45) is 5.92 Å². The molecule has 1 saturated carbocycles. The third-order valence-corrected chi connectivity index (χ3v) is 5.33. The largest absolute Gasteiger partial charge is 0.353 e. The highest BCUT2D eigenvalue weighted by molar-refractivity contribution is 7.98. The molecule has 2 fully saturated rings. The summed E-state index contributed by atoms with van der Waals surface area (Å²) in [6.07, 6.45) is 6.89. The van der Waals surface area contributed by atoms with Crippen molar-refractivity contribution in [2.75, 3.05) is 17.7 Å². The molecule has 0 aromatic heterocycles. The van der Waals surface area contributed by atoms with E-state index in [2.05, 4.69) is 5.32 Å². The monoisotopic (exact) mass is 318 g/mol. The van der Waals surface area contributed by atoms with Crippen molar-refractivity contribution in [3.8, 4) is 0 Å². The highest BCUT2D eigenvalue weighted by Gasteiger charge is 2.35. The lowest BCUT2D eigenvalue weighted by Gasteiger charge is -2.18. The molecule has 5 heteroatoms. The average molecular weight is 318 g/mol. The van der Waals surface area contributed by atoms with Crippen LogP contribution in [0.2, 0.25) is 0 Å². The Balaban J connectivity index is 1.63. The first-order chi connectivity index (χ1) is 10.7. The van der Waals surface area contributed by atoms with Gasteiger partial charge in [0.2, 0.25) is 11.8 Å². The molecule has 0 radical (unpaired) electrons. The van der Waals surface area contributed by atoms with Crippen LogP contribution in [0.5, 0.6) is 0 Å². The van der Waals surface area contributed by atoms with Gasteiger partial charge >= 0.3 is 0 Å². The van der Waals surface area contributed by atoms with Crippen molar-refractivity contribution in [3.05, 3.63) is 24.3 Å². The molecule has 1 atom stereocenters. The first-order valence-electron chi connectivity index (χ1n) is 7.92. The van der Waals surface area contributed by atoms with Gasteiger partial charge in [-0.05, 0) is 43.4 Å². The highest BCUT2D eigenvalue weighted by Crippen LogP contribution is 2.27. The zero-order valence-corrected chi connectivity index (χ0v) is 13.7. The molecule has 1 saturated heterocycles. The number of carbonyl (C=O) groups is 2. The van der Waals surface area contributed by atoms with E-state index in [9.17, 15) is 9.59 Å². The Morgan fingerprint density at radius 1 is 1.23 bits per heavy atom. The second-order valence-electron chi connectivity index (χ2n) is 6.09. The Labute approximate surface area is 135 Å². The Bertz CT molecular complexity index is 552. The van der Waals surface area contributed by atoms with Crippen molar-refractivity contribution in [2.45, 2.75) is 43.0 Å². The molecule has 0 spiro atoms. The van der Waals surface area contributed by atoms with Crippen molar-refractivity contribution in [1.82, 2.24) is 5.32 Å². The van der Waals surface area contributed by atoms with Crippen LogP contribution in [0.3, 0.4) is 0 Å². The number of benzene rings is 1. The summed E-state index contributed by atoms with van der Waals surface area (Å²) in [5.74, 6) is -0.125. The van der Waals surface area contributed by atoms with E-state index in [1.807, 2.05) is 30.5 Å². The number of hydrogen-bond acceptors (Lipinski definition) is 3. The molecule has 22 heavy (non-hydrogen) atoms. The second kappa shape index (κ2) is 6.73. The molecular formula is C17H22N2O2S. The Morgan fingerprint density at radius 2 is 1.91 bits per heavy atom. The summed E-state index contributed by atoms with van der Waals surface area (Å²) in [6.45, 7) is 0.496. The fourth-order valence-corrected chi connectivity index (χ4v) is 3.69. The van der Waals surface area contributed by atoms with E-state index in [4.69, 9.17) is 0 Å². The minimum Gasteiger partial charge on any atom is -0.353 e. The maximum Gasteiger partial charge on any atom is 0.227 e. The number of nitrogens with one attached hydrogen (secondary N) is 1. The summed E-state index contributed by atoms with van der Waals surface area (Å²) in [5, 5.41) is 3.11. The van der Waals surface area contributed by atoms with Gasteiger partial charge in [-0.25, -0.2) is 0 Å². The topological polar surface area (TPSA) is 49.4 Å². The lowest BCUT2D eigenvalue weighted by atomic mass is 10.1. The predicted molar refractivity (Wildman–Crippen MR) is 89.1 cm³/mol. The number of thioether (sulfide) groups is 1. The SMILES string of the molecule is CSc1ccc(N2CC(C(=O)NC3CCCC3)CC2=O)cc1. The summed E-state index contributed by atoms with van der Waals surface area (Å²) >= 11 is 1.68. The summed E-state index contributed by atoms with van der Waals surface area (Å²) in [5.41, 5.74) is 0.888. The lowest BCUT2D eigenvalue weighted by molar-refractivity contribution is -0.126. The van der Waals surface area contributed by atoms with Crippen LogP contribution in [0.15, 0.2) is 29.2 Å². The number of nitrogens with zero attached hydrogens (tertiary/aromatic N) is 1. The van der Waals surface area contributed by atoms with Crippen LogP contribution < -0.4 is 10.2 Å². The van der Waals surface area contributed by atoms with Gasteiger partial charge < -0.3 is 10.2 Å². The molecule has 118 valence electrons. The van der Waals surface area contributed by atoms with Gasteiger partial charge in [0, 0.05) is 29.6 Å². The van der Waals surface area contributed by atoms with E-state index in [1.54, 1.807) is 16.7 Å². The van der Waals surface area contributed by atoms with Crippen LogP contribution in [0.4, 0.5) is 5.69 Å². The van der Waals surface area contributed by atoms with Gasteiger partial charge in [0.1, 0.15) is 0 Å². The van der Waals surface area contributed by atoms with Gasteiger partial charge in [-0.1, -0.05) is 12.8 Å². The molecule has 4 nitrogen and oxygen atoms in total. The van der Waals surface area contributed by atoms with Crippen LogP contribution in [0.25, 0.3) is 0 Å². The fourth-order valence-electron chi connectivity index (χ4n) is 3.28. The molecule has 2 aliphatic rings. The molecule has 0 bridgehead atoms. The lowest BCUT2D eigenvalue weighted by Crippen LogP contribution is -2.38. The van der Waals surface area contributed by atoms with Crippen molar-refractivity contribution >= 4 is 29.3 Å². The molecule has 1 aliphatic heterocycles. The van der Waals surface area contributed by atoms with Gasteiger partial charge in [0.05, 0.1) is 5.92 Å². The minimum absolute atomic E-state index is 0.0449. The average Bonchev–Trinajstić information content (AvgIpc) is 3.17. The summed E-state index contributed by atoms with van der Waals surface area (Å²) < 4.78 is 0. The molecule has 1 N–H and O–H groups in total. The maximum absolute atomic E-state index is 12.3. The van der Waals surface area contributed by atoms with E-state index >= 15 is 0 Å². The molecule has 2 amide bonds. The van der Waals surface area contributed by atoms with Crippen LogP contribution >= 0.6 is 11.8 Å². The molecule has 1 heterocycles. The highest BCUT2D eigenvalue weighted by atomic mass is 32.2. The summed E-state index contributed by atoms with van der Waals surface area (Å²) in [7, 11) is 0. The quantitative estimate of drug-likeness (QED) is 0.869. The standard InChI is InChI=1S/C17H22N2O2S/c1-22-15-8-6-14(7-9-15)19-11-12(10-16(19)20)17(21)18-13-4-2-3-5-13/h6-9,12-13H,2-5,10-11H2,1H3,(H,18,21). The van der Waals surface area contributed by atoms with E-state index in [1.165, 1.54) is 17.7 Å². The maximum atomic E-state index is 12.3. The normalized spacial score (nSPS) is 22.3. The fraction of sp³-hybridized carbons (Fsp3) is 0.529. The van der Waals surface area contributed by atoms with E-state index in [-0.39, 0.29) is 17.7 Å². The second-order valence-corrected chi connectivity index (χ2v) is 6.97. The van der Waals surface area contributed by atoms with Gasteiger partial charge in [0.15, 0.2) is 0 Å². The molecule has 1 aromatic rings. The molecular weight excluding hydrogens is 296 g/mol. The van der Waals surface area contributed by atoms with Crippen LogP contribution in [-0.4, -0.2) is 30.7 Å². The molecule has 3 rings (SSSR count). The number of carbonyl (C=O) groups excluding carboxylic acids is 2. The third-order valence-electron chi connectivity index (χ3n) is 4.58. The third kappa shape index (κ3) is 3.29. The molecule has 1 unspecified atom stereocenters. The first-order valence-corrected chi connectivity index (χ1v) is 9.14. The Hall–Kier alpha value is -1.49. The Morgan fingerprint density at radius 3 is 2.55 bits per heavy atom. The number of amides is 2. The Kier molecular flexibility index (Phi) is 4.71. The van der Waals surface area contributed by atoms with E-state index < -0.39 is 0 Å². The first kappa shape index (κ1) is 15.4. The zero-order valence-electron chi connectivity index (χ0n) is 12.9. The van der Waals surface area contributed by atoms with Crippen molar-refractivity contribution in [3.63, 3.8) is 0 Å². The number of anilines is 1.